The Morgan fingerprint density at radius 1 is 0.840 bits per heavy atom. The second-order valence-electron chi connectivity index (χ2n) is 6.04. The van der Waals surface area contributed by atoms with Crippen molar-refractivity contribution in [3.8, 4) is 22.5 Å². The van der Waals surface area contributed by atoms with Gasteiger partial charge in [0.05, 0.1) is 5.39 Å². The molecule has 0 aliphatic rings. The number of fused-ring (bicyclic) bond motifs is 1. The maximum absolute atomic E-state index is 12.5. The van der Waals surface area contributed by atoms with Gasteiger partial charge in [-0.1, -0.05) is 76.1 Å². The maximum atomic E-state index is 12.5. The molecule has 0 saturated heterocycles. The molecule has 0 saturated carbocycles. The highest BCUT2D eigenvalue weighted by atomic mass is 79.9. The third kappa shape index (κ3) is 3.03. The van der Waals surface area contributed by atoms with Gasteiger partial charge in [-0.05, 0) is 30.2 Å². The van der Waals surface area contributed by atoms with Crippen LogP contribution in [0.15, 0.2) is 86.5 Å². The zero-order valence-electron chi connectivity index (χ0n) is 13.6. The molecule has 1 heterocycles. The summed E-state index contributed by atoms with van der Waals surface area (Å²) in [7, 11) is 0. The van der Waals surface area contributed by atoms with Crippen molar-refractivity contribution in [1.29, 1.82) is 0 Å². The molecule has 4 rings (SSSR count). The number of halogens is 1. The van der Waals surface area contributed by atoms with Gasteiger partial charge in [0.1, 0.15) is 11.3 Å². The van der Waals surface area contributed by atoms with Crippen molar-refractivity contribution in [1.82, 2.24) is 0 Å². The summed E-state index contributed by atoms with van der Waals surface area (Å²) in [5.41, 5.74) is 4.72. The van der Waals surface area contributed by atoms with Crippen LogP contribution in [-0.4, -0.2) is 0 Å². The summed E-state index contributed by atoms with van der Waals surface area (Å²) in [6, 6.07) is 23.3. The lowest BCUT2D eigenvalue weighted by molar-refractivity contribution is 0.619. The highest BCUT2D eigenvalue weighted by Crippen LogP contribution is 2.33. The first-order valence-corrected chi connectivity index (χ1v) is 8.81. The fourth-order valence-corrected chi connectivity index (χ4v) is 3.45. The molecular formula is C22H15BrO2. The minimum Gasteiger partial charge on any atom is -0.456 e. The number of rotatable bonds is 2. The quantitative estimate of drug-likeness (QED) is 0.407. The Hall–Kier alpha value is -2.65. The lowest BCUT2D eigenvalue weighted by Gasteiger charge is -2.09. The van der Waals surface area contributed by atoms with Crippen LogP contribution in [0, 0.1) is 6.92 Å². The van der Waals surface area contributed by atoms with Gasteiger partial charge in [0.15, 0.2) is 5.43 Å². The summed E-state index contributed by atoms with van der Waals surface area (Å²) < 4.78 is 6.93. The molecular weight excluding hydrogens is 376 g/mol. The Bertz CT molecular complexity index is 1110. The van der Waals surface area contributed by atoms with Crippen molar-refractivity contribution in [2.75, 3.05) is 0 Å². The summed E-state index contributed by atoms with van der Waals surface area (Å²) in [5, 5.41) is 0.572. The van der Waals surface area contributed by atoms with E-state index >= 15 is 0 Å². The fourth-order valence-electron chi connectivity index (χ4n) is 2.87. The molecule has 0 bridgehead atoms. The van der Waals surface area contributed by atoms with E-state index < -0.39 is 0 Å². The van der Waals surface area contributed by atoms with Crippen molar-refractivity contribution in [2.45, 2.75) is 6.92 Å². The van der Waals surface area contributed by atoms with Gasteiger partial charge in [-0.25, -0.2) is 0 Å². The zero-order valence-corrected chi connectivity index (χ0v) is 15.2. The molecule has 0 aliphatic carbocycles. The smallest absolute Gasteiger partial charge is 0.193 e. The maximum Gasteiger partial charge on any atom is 0.193 e. The van der Waals surface area contributed by atoms with Crippen molar-refractivity contribution in [3.63, 3.8) is 0 Å². The standard InChI is InChI=1S/C22H15BrO2/c1-14-7-9-15(10-8-14)17-12-22-18(11-19(17)23)20(24)13-21(25-22)16-5-3-2-4-6-16/h2-13H,1H3. The minimum absolute atomic E-state index is 0.0451. The molecule has 122 valence electrons. The van der Waals surface area contributed by atoms with Crippen molar-refractivity contribution >= 4 is 26.9 Å². The Labute approximate surface area is 153 Å². The van der Waals surface area contributed by atoms with E-state index in [1.165, 1.54) is 5.56 Å². The summed E-state index contributed by atoms with van der Waals surface area (Å²) in [6.07, 6.45) is 0. The molecule has 0 fully saturated rings. The van der Waals surface area contributed by atoms with Crippen LogP contribution in [0.5, 0.6) is 0 Å². The van der Waals surface area contributed by atoms with E-state index in [1.54, 1.807) is 6.07 Å². The van der Waals surface area contributed by atoms with Gasteiger partial charge in [0, 0.05) is 16.1 Å². The van der Waals surface area contributed by atoms with E-state index in [2.05, 4.69) is 47.1 Å². The number of hydrogen-bond acceptors (Lipinski definition) is 2. The second-order valence-corrected chi connectivity index (χ2v) is 6.89. The van der Waals surface area contributed by atoms with Crippen LogP contribution in [0.3, 0.4) is 0 Å². The van der Waals surface area contributed by atoms with E-state index in [-0.39, 0.29) is 5.43 Å². The topological polar surface area (TPSA) is 30.2 Å². The second kappa shape index (κ2) is 6.34. The Morgan fingerprint density at radius 3 is 2.28 bits per heavy atom. The average molecular weight is 391 g/mol. The molecule has 1 aromatic heterocycles. The zero-order chi connectivity index (χ0) is 17.4. The van der Waals surface area contributed by atoms with Crippen molar-refractivity contribution in [3.05, 3.63) is 93.1 Å². The van der Waals surface area contributed by atoms with E-state index in [1.807, 2.05) is 42.5 Å². The van der Waals surface area contributed by atoms with Gasteiger partial charge < -0.3 is 4.42 Å². The van der Waals surface area contributed by atoms with Crippen molar-refractivity contribution < 1.29 is 4.42 Å². The van der Waals surface area contributed by atoms with E-state index in [9.17, 15) is 4.79 Å². The number of hydrogen-bond donors (Lipinski definition) is 0. The molecule has 0 unspecified atom stereocenters. The molecule has 0 spiro atoms. The lowest BCUT2D eigenvalue weighted by Crippen LogP contribution is -2.01. The van der Waals surface area contributed by atoms with Crippen molar-refractivity contribution in [2.24, 2.45) is 0 Å². The fraction of sp³-hybridized carbons (Fsp3) is 0.0455. The van der Waals surface area contributed by atoms with Gasteiger partial charge >= 0.3 is 0 Å². The Balaban J connectivity index is 1.94. The summed E-state index contributed by atoms with van der Waals surface area (Å²) in [5.74, 6) is 0.579. The van der Waals surface area contributed by atoms with E-state index in [0.29, 0.717) is 16.7 Å². The van der Waals surface area contributed by atoms with Crippen LogP contribution in [0.4, 0.5) is 0 Å². The minimum atomic E-state index is -0.0451. The third-order valence-corrected chi connectivity index (χ3v) is 4.89. The van der Waals surface area contributed by atoms with Crippen LogP contribution in [0.25, 0.3) is 33.4 Å². The molecule has 4 aromatic rings. The molecule has 0 radical (unpaired) electrons. The SMILES string of the molecule is Cc1ccc(-c2cc3oc(-c4ccccc4)cc(=O)c3cc2Br)cc1. The summed E-state index contributed by atoms with van der Waals surface area (Å²) in [6.45, 7) is 2.06. The van der Waals surface area contributed by atoms with Gasteiger partial charge in [-0.3, -0.25) is 4.79 Å². The van der Waals surface area contributed by atoms with Crippen LogP contribution in [-0.2, 0) is 0 Å². The summed E-state index contributed by atoms with van der Waals surface area (Å²) in [4.78, 5) is 12.5. The number of aryl methyl sites for hydroxylation is 1. The Kier molecular flexibility index (Phi) is 4.02. The van der Waals surface area contributed by atoms with Gasteiger partial charge in [-0.15, -0.1) is 0 Å². The highest BCUT2D eigenvalue weighted by Gasteiger charge is 2.11. The first-order chi connectivity index (χ1) is 12.1. The molecule has 3 heteroatoms. The normalized spacial score (nSPS) is 11.0. The highest BCUT2D eigenvalue weighted by molar-refractivity contribution is 9.10. The van der Waals surface area contributed by atoms with Crippen LogP contribution in [0.2, 0.25) is 0 Å². The molecule has 3 aromatic carbocycles. The third-order valence-electron chi connectivity index (χ3n) is 4.24. The van der Waals surface area contributed by atoms with E-state index in [4.69, 9.17) is 4.42 Å². The largest absolute Gasteiger partial charge is 0.456 e. The van der Waals surface area contributed by atoms with Gasteiger partial charge in [0.2, 0.25) is 0 Å². The van der Waals surface area contributed by atoms with E-state index in [0.717, 1.165) is 21.2 Å². The molecule has 0 N–H and O–H groups in total. The average Bonchev–Trinajstić information content (AvgIpc) is 2.63. The molecule has 0 aliphatic heterocycles. The first kappa shape index (κ1) is 15.9. The Morgan fingerprint density at radius 2 is 1.56 bits per heavy atom. The molecule has 2 nitrogen and oxygen atoms in total. The first-order valence-electron chi connectivity index (χ1n) is 8.02. The molecule has 0 amide bonds. The van der Waals surface area contributed by atoms with Gasteiger partial charge in [-0.2, -0.15) is 0 Å². The van der Waals surface area contributed by atoms with Crippen LogP contribution >= 0.6 is 15.9 Å². The monoisotopic (exact) mass is 390 g/mol. The number of benzene rings is 3. The predicted octanol–water partition coefficient (Wildman–Crippen LogP) is 6.20. The van der Waals surface area contributed by atoms with Crippen LogP contribution in [0.1, 0.15) is 5.56 Å². The predicted molar refractivity (Wildman–Crippen MR) is 106 cm³/mol. The molecule has 0 atom stereocenters. The van der Waals surface area contributed by atoms with Crippen LogP contribution < -0.4 is 5.43 Å². The summed E-state index contributed by atoms with van der Waals surface area (Å²) >= 11 is 3.59. The lowest BCUT2D eigenvalue weighted by atomic mass is 10.0. The molecule has 25 heavy (non-hydrogen) atoms. The van der Waals surface area contributed by atoms with Gasteiger partial charge in [0.25, 0.3) is 0 Å².